The predicted octanol–water partition coefficient (Wildman–Crippen LogP) is 8.26. The Morgan fingerprint density at radius 2 is 1.27 bits per heavy atom. The molecule has 2 amide bonds. The molecule has 12 nitrogen and oxygen atoms in total. The van der Waals surface area contributed by atoms with E-state index in [9.17, 15) is 19.5 Å². The first kappa shape index (κ1) is 40.4. The van der Waals surface area contributed by atoms with E-state index in [1.54, 1.807) is 30.3 Å². The molecule has 3 N–H and O–H groups in total. The molecule has 2 aliphatic carbocycles. The van der Waals surface area contributed by atoms with E-state index in [1.807, 2.05) is 53.6 Å². The lowest BCUT2D eigenvalue weighted by molar-refractivity contribution is 0.0696. The van der Waals surface area contributed by atoms with Gasteiger partial charge < -0.3 is 24.9 Å². The van der Waals surface area contributed by atoms with Crippen LogP contribution >= 0.6 is 23.2 Å². The second-order valence-corrected chi connectivity index (χ2v) is 18.0. The van der Waals surface area contributed by atoms with E-state index >= 15 is 0 Å². The van der Waals surface area contributed by atoms with E-state index in [2.05, 4.69) is 20.4 Å². The summed E-state index contributed by atoms with van der Waals surface area (Å²) in [7, 11) is 3.77. The van der Waals surface area contributed by atoms with Crippen molar-refractivity contribution in [1.29, 1.82) is 0 Å². The Morgan fingerprint density at radius 3 is 1.75 bits per heavy atom. The van der Waals surface area contributed by atoms with Crippen LogP contribution in [0.2, 0.25) is 10.0 Å². The Kier molecular flexibility index (Phi) is 11.1. The minimum absolute atomic E-state index is 0.271. The molecule has 312 valence electrons. The van der Waals surface area contributed by atoms with Gasteiger partial charge in [0.25, 0.3) is 11.8 Å². The Hall–Kier alpha value is -5.01. The molecule has 9 rings (SSSR count). The van der Waals surface area contributed by atoms with Crippen LogP contribution in [0.3, 0.4) is 0 Å². The number of aromatic nitrogens is 4. The number of hydrogen-bond donors (Lipinski definition) is 3. The summed E-state index contributed by atoms with van der Waals surface area (Å²) in [5.74, 6) is -0.0610. The molecule has 4 aliphatic rings. The summed E-state index contributed by atoms with van der Waals surface area (Å²) in [6.45, 7) is 5.02. The van der Waals surface area contributed by atoms with Gasteiger partial charge in [0.1, 0.15) is 0 Å². The van der Waals surface area contributed by atoms with E-state index in [-0.39, 0.29) is 23.2 Å². The zero-order chi connectivity index (χ0) is 41.7. The molecular formula is C46H50Cl2N8O4. The molecule has 60 heavy (non-hydrogen) atoms. The highest BCUT2D eigenvalue weighted by Gasteiger charge is 2.44. The third-order valence-corrected chi connectivity index (χ3v) is 14.4. The van der Waals surface area contributed by atoms with Crippen LogP contribution in [0, 0.1) is 11.3 Å². The van der Waals surface area contributed by atoms with Gasteiger partial charge in [-0.25, -0.2) is 14.8 Å². The smallest absolute Gasteiger partial charge is 0.335 e. The van der Waals surface area contributed by atoms with Crippen LogP contribution in [0.1, 0.15) is 98.5 Å². The normalized spacial score (nSPS) is 19.9. The summed E-state index contributed by atoms with van der Waals surface area (Å²) in [4.78, 5) is 53.1. The largest absolute Gasteiger partial charge is 0.478 e. The molecule has 0 spiro atoms. The number of carboxylic acid groups (broad SMARTS) is 1. The lowest BCUT2D eigenvalue weighted by Crippen LogP contribution is -2.34. The van der Waals surface area contributed by atoms with Crippen LogP contribution in [0.5, 0.6) is 0 Å². The van der Waals surface area contributed by atoms with Crippen LogP contribution in [-0.2, 0) is 46.4 Å². The van der Waals surface area contributed by atoms with Crippen molar-refractivity contribution in [1.82, 2.24) is 28.9 Å². The number of carboxylic acids is 1. The molecule has 4 heterocycles. The number of imidazole rings is 2. The van der Waals surface area contributed by atoms with Crippen molar-refractivity contribution in [3.63, 3.8) is 0 Å². The van der Waals surface area contributed by atoms with E-state index in [0.717, 1.165) is 86.2 Å². The molecule has 2 saturated carbocycles. The molecule has 2 fully saturated rings. The number of rotatable bonds is 12. The number of nitrogens with one attached hydrogen (secondary N) is 2. The third-order valence-electron chi connectivity index (χ3n) is 13.6. The van der Waals surface area contributed by atoms with Crippen LogP contribution in [0.25, 0.3) is 11.1 Å². The zero-order valence-corrected chi connectivity index (χ0v) is 35.6. The molecule has 14 heteroatoms. The number of carbonyl (C=O) groups is 3. The Morgan fingerprint density at radius 1 is 0.750 bits per heavy atom. The van der Waals surface area contributed by atoms with E-state index < -0.39 is 5.97 Å². The number of benzene rings is 3. The maximum atomic E-state index is 13.8. The molecule has 0 atom stereocenters. The van der Waals surface area contributed by atoms with Gasteiger partial charge in [-0.2, -0.15) is 0 Å². The number of amides is 2. The summed E-state index contributed by atoms with van der Waals surface area (Å²) >= 11 is 14.0. The van der Waals surface area contributed by atoms with Gasteiger partial charge in [-0.05, 0) is 92.7 Å². The number of carbonyl (C=O) groups excluding carboxylic acids is 2. The number of hydrogen-bond acceptors (Lipinski definition) is 7. The molecule has 3 aromatic carbocycles. The van der Waals surface area contributed by atoms with Gasteiger partial charge in [-0.1, -0.05) is 59.6 Å². The first-order valence-corrected chi connectivity index (χ1v) is 21.8. The first-order chi connectivity index (χ1) is 28.9. The molecule has 0 radical (unpaired) electrons. The summed E-state index contributed by atoms with van der Waals surface area (Å²) < 4.78 is 3.77. The number of anilines is 2. The average molecular weight is 850 g/mol. The quantitative estimate of drug-likeness (QED) is 0.114. The lowest BCUT2D eigenvalue weighted by atomic mass is 9.81. The molecule has 2 aromatic heterocycles. The van der Waals surface area contributed by atoms with Gasteiger partial charge in [0, 0.05) is 82.2 Å². The van der Waals surface area contributed by atoms with Gasteiger partial charge in [-0.15, -0.1) is 0 Å². The van der Waals surface area contributed by atoms with Crippen LogP contribution in [-0.4, -0.2) is 78.0 Å². The van der Waals surface area contributed by atoms with Crippen molar-refractivity contribution in [3.8, 4) is 11.1 Å². The number of fused-ring (bicyclic) bond motifs is 4. The second kappa shape index (κ2) is 16.5. The second-order valence-electron chi connectivity index (χ2n) is 17.2. The van der Waals surface area contributed by atoms with Gasteiger partial charge in [0.05, 0.1) is 38.4 Å². The monoisotopic (exact) mass is 848 g/mol. The summed E-state index contributed by atoms with van der Waals surface area (Å²) in [5, 5.41) is 15.8. The van der Waals surface area contributed by atoms with E-state index in [4.69, 9.17) is 33.2 Å². The third kappa shape index (κ3) is 7.86. The summed E-state index contributed by atoms with van der Waals surface area (Å²) in [6.07, 6.45) is 10.6. The molecular weight excluding hydrogens is 799 g/mol. The van der Waals surface area contributed by atoms with Crippen LogP contribution in [0.15, 0.2) is 60.7 Å². The van der Waals surface area contributed by atoms with Gasteiger partial charge in [0.2, 0.25) is 0 Å². The fraction of sp³-hybridized carbons (Fsp3) is 0.413. The zero-order valence-electron chi connectivity index (χ0n) is 34.1. The highest BCUT2D eigenvalue weighted by Crippen LogP contribution is 2.56. The average Bonchev–Trinajstić information content (AvgIpc) is 4.03. The van der Waals surface area contributed by atoms with E-state index in [0.29, 0.717) is 50.3 Å². The number of halogens is 2. The fourth-order valence-electron chi connectivity index (χ4n) is 10.1. The predicted molar refractivity (Wildman–Crippen MR) is 233 cm³/mol. The summed E-state index contributed by atoms with van der Waals surface area (Å²) in [6, 6.07) is 17.7. The molecule has 2 aliphatic heterocycles. The number of aromatic carboxylic acids is 1. The lowest BCUT2D eigenvalue weighted by Gasteiger charge is -2.32. The standard InChI is InChI=1S/C46H50Cl2N8O4/c1-53-37-16-22-55(21-15-28-9-11-30(12-10-28)45(59)60)26-35(37)49-41(53)43(57)51-33-7-3-5-31(39(33)47)32-6-4-8-34(40(32)48)52-44(58)42-50-36-27-56(23-17-38(36)54(42)2)24-20-46-18-13-29(25-46)14-19-46/h3-12,29H,13-27H2,1-2H3,(H,51,57)(H,52,58)(H,59,60). The molecule has 0 unspecified atom stereocenters. The van der Waals surface area contributed by atoms with Crippen LogP contribution in [0.4, 0.5) is 11.4 Å². The minimum Gasteiger partial charge on any atom is -0.478 e. The topological polar surface area (TPSA) is 138 Å². The van der Waals surface area contributed by atoms with Crippen molar-refractivity contribution in [2.75, 3.05) is 36.8 Å². The minimum atomic E-state index is -0.938. The maximum absolute atomic E-state index is 13.8. The SMILES string of the molecule is Cn1c(C(=O)Nc2cccc(-c3cccc(NC(=O)c4nc5c(n4C)CCN(CCC46CCC(CC4)C6)C5)c3Cl)c2Cl)nc2c1CCN(CCc1ccc(C(=O)O)cc1)C2. The summed E-state index contributed by atoms with van der Waals surface area (Å²) in [5.41, 5.74) is 7.88. The fourth-order valence-corrected chi connectivity index (χ4v) is 10.7. The van der Waals surface area contributed by atoms with Crippen molar-refractivity contribution in [2.45, 2.75) is 70.9 Å². The van der Waals surface area contributed by atoms with Gasteiger partial charge in [0.15, 0.2) is 11.6 Å². The highest BCUT2D eigenvalue weighted by molar-refractivity contribution is 6.40. The van der Waals surface area contributed by atoms with Crippen molar-refractivity contribution in [2.24, 2.45) is 25.4 Å². The number of nitrogens with zero attached hydrogens (tertiary/aromatic N) is 6. The maximum Gasteiger partial charge on any atom is 0.335 e. The van der Waals surface area contributed by atoms with Crippen molar-refractivity contribution < 1.29 is 19.5 Å². The Labute approximate surface area is 359 Å². The molecule has 5 aromatic rings. The van der Waals surface area contributed by atoms with Crippen LogP contribution < -0.4 is 10.6 Å². The highest BCUT2D eigenvalue weighted by atomic mass is 35.5. The molecule has 0 saturated heterocycles. The van der Waals surface area contributed by atoms with Crippen molar-refractivity contribution >= 4 is 52.4 Å². The Balaban J connectivity index is 0.847. The van der Waals surface area contributed by atoms with Crippen molar-refractivity contribution in [3.05, 3.63) is 116 Å². The van der Waals surface area contributed by atoms with Gasteiger partial charge in [-0.3, -0.25) is 19.4 Å². The first-order valence-electron chi connectivity index (χ1n) is 21.0. The van der Waals surface area contributed by atoms with E-state index in [1.165, 1.54) is 38.5 Å². The Bertz CT molecular complexity index is 2490. The molecule has 2 bridgehead atoms. The van der Waals surface area contributed by atoms with Gasteiger partial charge >= 0.3 is 5.97 Å².